The van der Waals surface area contributed by atoms with Gasteiger partial charge in [-0.2, -0.15) is 0 Å². The molecule has 0 aliphatic carbocycles. The molecule has 0 bridgehead atoms. The third-order valence-corrected chi connectivity index (χ3v) is 0. The van der Waals surface area contributed by atoms with E-state index in [0.717, 1.165) is 0 Å². The Morgan fingerprint density at radius 1 is 0.818 bits per heavy atom. The Labute approximate surface area is 64.0 Å². The molecule has 0 aromatic carbocycles. The van der Waals surface area contributed by atoms with Gasteiger partial charge >= 0.3 is 23.5 Å². The van der Waals surface area contributed by atoms with Crippen molar-refractivity contribution >= 4 is 0 Å². The van der Waals surface area contributed by atoms with Gasteiger partial charge < -0.3 is 6.15 Å². The molecule has 0 spiro atoms. The molecule has 4 N–H and O–H groups in total. The van der Waals surface area contributed by atoms with E-state index in [1.807, 2.05) is 0 Å². The molecule has 0 fully saturated rings. The third kappa shape index (κ3) is 5740. The van der Waals surface area contributed by atoms with Gasteiger partial charge in [0.2, 0.25) is 0 Å². The average molecular weight is 236 g/mol. The van der Waals surface area contributed by atoms with E-state index in [9.17, 15) is 0 Å². The van der Waals surface area contributed by atoms with Gasteiger partial charge in [-0.05, 0) is 0 Å². The van der Waals surface area contributed by atoms with Crippen molar-refractivity contribution in [2.24, 2.45) is 0 Å². The Kier molecular flexibility index (Phi) is 19700. The molecule has 0 aliphatic heterocycles. The molecule has 4 nitrogen and oxygen atoms in total. The molecular formula is H9F6NO3V. The monoisotopic (exact) mass is 236 g/mol. The van der Waals surface area contributed by atoms with Crippen molar-refractivity contribution in [2.45, 2.75) is 0 Å². The van der Waals surface area contributed by atoms with Crippen LogP contribution in [0.25, 0.3) is 0 Å². The standard InChI is InChI=1S/FHO.5FH.H3N.2O.V/c1-2;;;;;;;;;/h2H;5*1H;1H3;;;. The van der Waals surface area contributed by atoms with Crippen LogP contribution in [0.4, 0.5) is 28.0 Å². The van der Waals surface area contributed by atoms with Gasteiger partial charge in [-0.15, -0.1) is 0 Å². The van der Waals surface area contributed by atoms with E-state index in [0.29, 0.717) is 0 Å². The molecule has 0 aliphatic rings. The van der Waals surface area contributed by atoms with Gasteiger partial charge in [-0.3, -0.25) is 23.5 Å². The van der Waals surface area contributed by atoms with Gasteiger partial charge in [0, 0.05) is 0 Å². The van der Waals surface area contributed by atoms with Gasteiger partial charge in [-0.25, -0.2) is 5.31 Å². The molecule has 0 unspecified atom stereocenters. The van der Waals surface area contributed by atoms with Crippen molar-refractivity contribution in [3.05, 3.63) is 0 Å². The molecule has 0 atom stereocenters. The summed E-state index contributed by atoms with van der Waals surface area (Å²) in [7, 11) is 0. The zero-order valence-electron chi connectivity index (χ0n) is 4.84. The quantitative estimate of drug-likeness (QED) is 0.601. The summed E-state index contributed by atoms with van der Waals surface area (Å²) < 4.78 is 25.4. The molecular weight excluding hydrogens is 227 g/mol. The first-order valence-electron chi connectivity index (χ1n) is 0.534. The van der Waals surface area contributed by atoms with Crippen LogP contribution >= 0.6 is 0 Å². The van der Waals surface area contributed by atoms with Crippen LogP contribution in [0, 0.1) is 0 Å². The molecule has 11 heavy (non-hydrogen) atoms. The normalized spacial score (nSPS) is 1.27. The van der Waals surface area contributed by atoms with Crippen LogP contribution in [0.1, 0.15) is 0 Å². The predicted octanol–water partition coefficient (Wildman–Crippen LogP) is 0.548. The first kappa shape index (κ1) is 139. The topological polar surface area (TPSA) is 89.4 Å². The fraction of sp³-hybridized carbons (Fsp3) is 0. The average Bonchev–Trinajstić information content (AvgIpc) is 1.46. The zero-order valence-corrected chi connectivity index (χ0v) is 6.23. The van der Waals surface area contributed by atoms with E-state index >= 15 is 0 Å². The van der Waals surface area contributed by atoms with E-state index in [1.54, 1.807) is 0 Å². The van der Waals surface area contributed by atoms with Gasteiger partial charge in [0.25, 0.3) is 0 Å². The molecule has 0 aromatic rings. The van der Waals surface area contributed by atoms with Crippen molar-refractivity contribution in [3.63, 3.8) is 0 Å². The van der Waals surface area contributed by atoms with Crippen LogP contribution in [0.2, 0.25) is 0 Å². The molecule has 0 saturated heterocycles. The second-order valence-corrected chi connectivity index (χ2v) is 0.307. The molecule has 0 radical (unpaired) electrons. The minimum absolute atomic E-state index is 0. The molecule has 0 aromatic heterocycles. The van der Waals surface area contributed by atoms with Crippen LogP contribution in [-0.4, -0.2) is 5.31 Å². The van der Waals surface area contributed by atoms with Crippen LogP contribution in [0.5, 0.6) is 0 Å². The SMILES string of the molecule is F.F.F.F.F.N.OF.[O]=[V]=[O]. The summed E-state index contributed by atoms with van der Waals surface area (Å²) in [6, 6.07) is 0. The minimum atomic E-state index is -1.81. The van der Waals surface area contributed by atoms with Crippen molar-refractivity contribution in [2.75, 3.05) is 0 Å². The Morgan fingerprint density at radius 2 is 0.818 bits per heavy atom. The molecule has 11 heteroatoms. The van der Waals surface area contributed by atoms with Crippen molar-refractivity contribution in [1.29, 1.82) is 0 Å². The zero-order chi connectivity index (χ0) is 4.71. The molecule has 79 valence electrons. The molecule has 0 rings (SSSR count). The number of hydrogen-bond acceptors (Lipinski definition) is 4. The fourth-order valence-corrected chi connectivity index (χ4v) is 0. The summed E-state index contributed by atoms with van der Waals surface area (Å²) in [6.07, 6.45) is 0. The van der Waals surface area contributed by atoms with E-state index in [4.69, 9.17) is 17.2 Å². The third-order valence-electron chi connectivity index (χ3n) is 0. The number of halogens is 6. The second-order valence-electron chi connectivity index (χ2n) is 0.0745. The summed E-state index contributed by atoms with van der Waals surface area (Å²) >= 11 is -1.81. The molecule has 0 heterocycles. The first-order valence-corrected chi connectivity index (χ1v) is 1.67. The van der Waals surface area contributed by atoms with Crippen molar-refractivity contribution in [1.82, 2.24) is 6.15 Å². The maximum atomic E-state index is 8.50. The molecule has 0 saturated carbocycles. The Morgan fingerprint density at radius 3 is 0.818 bits per heavy atom. The van der Waals surface area contributed by atoms with Crippen LogP contribution < -0.4 is 6.15 Å². The van der Waals surface area contributed by atoms with Crippen LogP contribution in [0.3, 0.4) is 0 Å². The fourth-order valence-electron chi connectivity index (χ4n) is 0. The summed E-state index contributed by atoms with van der Waals surface area (Å²) in [5.41, 5.74) is 0. The summed E-state index contributed by atoms with van der Waals surface area (Å²) in [6.45, 7) is 0. The van der Waals surface area contributed by atoms with Gasteiger partial charge in [0.1, 0.15) is 0 Å². The summed E-state index contributed by atoms with van der Waals surface area (Å²) in [5.74, 6) is 0. The van der Waals surface area contributed by atoms with E-state index in [2.05, 4.69) is 0 Å². The van der Waals surface area contributed by atoms with Crippen molar-refractivity contribution in [3.8, 4) is 0 Å². The first-order chi connectivity index (χ1) is 2.41. The van der Waals surface area contributed by atoms with Crippen LogP contribution in [-0.2, 0) is 23.5 Å². The Hall–Kier alpha value is -0.316. The van der Waals surface area contributed by atoms with Gasteiger partial charge in [0.15, 0.2) is 0 Å². The Bertz CT molecular complexity index is 38.8. The maximum absolute atomic E-state index is 8.50. The van der Waals surface area contributed by atoms with Gasteiger partial charge in [0.05, 0.1) is 0 Å². The van der Waals surface area contributed by atoms with Crippen LogP contribution in [0.15, 0.2) is 0 Å². The van der Waals surface area contributed by atoms with Crippen molar-refractivity contribution < 1.29 is 56.9 Å². The van der Waals surface area contributed by atoms with E-state index < -0.39 is 16.2 Å². The Balaban J connectivity index is -0.00000000181. The van der Waals surface area contributed by atoms with Gasteiger partial charge in [-0.1, -0.05) is 4.53 Å². The number of rotatable bonds is 0. The van der Waals surface area contributed by atoms with E-state index in [-0.39, 0.29) is 29.7 Å². The number of hydrogen-bond donors (Lipinski definition) is 2. The summed E-state index contributed by atoms with van der Waals surface area (Å²) in [5, 5.41) is 5.50. The summed E-state index contributed by atoms with van der Waals surface area (Å²) in [4.78, 5) is 0. The predicted molar refractivity (Wildman–Crippen MR) is 22.2 cm³/mol. The second kappa shape index (κ2) is 1560. The molecule has 0 amide bonds. The van der Waals surface area contributed by atoms with E-state index in [1.165, 1.54) is 0 Å².